The Morgan fingerprint density at radius 3 is 2.30 bits per heavy atom. The fourth-order valence-corrected chi connectivity index (χ4v) is 3.41. The number of nitrogens with zero attached hydrogens (tertiary/aromatic N) is 1. The second-order valence-corrected chi connectivity index (χ2v) is 7.63. The minimum Gasteiger partial charge on any atom is -0.436 e. The van der Waals surface area contributed by atoms with E-state index in [9.17, 15) is 5.02 Å². The van der Waals surface area contributed by atoms with E-state index >= 15 is 0 Å². The van der Waals surface area contributed by atoms with E-state index in [4.69, 9.17) is 9.94 Å². The highest BCUT2D eigenvalue weighted by molar-refractivity contribution is 6.44. The van der Waals surface area contributed by atoms with Crippen LogP contribution >= 0.6 is 0 Å². The first kappa shape index (κ1) is 18.5. The van der Waals surface area contributed by atoms with Crippen molar-refractivity contribution in [1.82, 2.24) is 4.97 Å². The molecule has 2 atom stereocenters. The quantitative estimate of drug-likeness (QED) is 0.625. The lowest BCUT2D eigenvalue weighted by Crippen LogP contribution is -2.50. The maximum atomic E-state index is 10.2. The largest absolute Gasteiger partial charge is 0.436 e. The molecule has 1 aliphatic rings. The molecule has 0 aliphatic heterocycles. The van der Waals surface area contributed by atoms with Crippen molar-refractivity contribution in [3.8, 4) is 0 Å². The standard InChI is InChI=1S/C18H30BNO3/c1-18(2,3)23-20(19(4)22)17-7-5-6-16(17)12-14-8-10-15(13-21)11-9-14/h8-11,16-17,21-22H,5-7,12-13H2,1-4H3. The summed E-state index contributed by atoms with van der Waals surface area (Å²) >= 11 is 0. The monoisotopic (exact) mass is 319 g/mol. The Labute approximate surface area is 140 Å². The van der Waals surface area contributed by atoms with Crippen molar-refractivity contribution in [3.05, 3.63) is 35.4 Å². The molecule has 1 fully saturated rings. The Kier molecular flexibility index (Phi) is 6.26. The van der Waals surface area contributed by atoms with Crippen LogP contribution in [0.3, 0.4) is 0 Å². The van der Waals surface area contributed by atoms with Crippen molar-refractivity contribution in [3.63, 3.8) is 0 Å². The van der Waals surface area contributed by atoms with Gasteiger partial charge in [-0.1, -0.05) is 30.7 Å². The molecule has 2 rings (SSSR count). The highest BCUT2D eigenvalue weighted by atomic mass is 16.7. The van der Waals surface area contributed by atoms with Gasteiger partial charge in [0.2, 0.25) is 0 Å². The zero-order valence-electron chi connectivity index (χ0n) is 14.8. The first-order valence-corrected chi connectivity index (χ1v) is 8.64. The minimum atomic E-state index is -0.614. The number of hydroxylamine groups is 1. The summed E-state index contributed by atoms with van der Waals surface area (Å²) in [5.74, 6) is 0.479. The van der Waals surface area contributed by atoms with Gasteiger partial charge in [-0.2, -0.15) is 4.97 Å². The molecule has 4 nitrogen and oxygen atoms in total. The van der Waals surface area contributed by atoms with Crippen LogP contribution in [0.4, 0.5) is 0 Å². The fraction of sp³-hybridized carbons (Fsp3) is 0.667. The Bertz CT molecular complexity index is 484. The van der Waals surface area contributed by atoms with E-state index in [2.05, 4.69) is 12.1 Å². The summed E-state index contributed by atoms with van der Waals surface area (Å²) < 4.78 is 0. The van der Waals surface area contributed by atoms with Crippen molar-refractivity contribution >= 4 is 7.05 Å². The molecule has 2 N–H and O–H groups in total. The summed E-state index contributed by atoms with van der Waals surface area (Å²) in [6.07, 6.45) is 4.36. The predicted octanol–water partition coefficient (Wildman–Crippen LogP) is 3.03. The molecule has 0 spiro atoms. The lowest BCUT2D eigenvalue weighted by atomic mass is 9.82. The van der Waals surface area contributed by atoms with Crippen LogP contribution in [-0.4, -0.2) is 33.8 Å². The molecule has 1 aromatic carbocycles. The second-order valence-electron chi connectivity index (χ2n) is 7.63. The summed E-state index contributed by atoms with van der Waals surface area (Å²) in [6.45, 7) is 7.90. The van der Waals surface area contributed by atoms with Crippen molar-refractivity contribution in [2.24, 2.45) is 5.92 Å². The number of aliphatic hydroxyl groups excluding tert-OH is 1. The van der Waals surface area contributed by atoms with Gasteiger partial charge in [0, 0.05) is 6.04 Å². The molecule has 0 radical (unpaired) electrons. The summed E-state index contributed by atoms with van der Waals surface area (Å²) in [7, 11) is -0.614. The van der Waals surface area contributed by atoms with Gasteiger partial charge in [-0.15, -0.1) is 0 Å². The number of rotatable bonds is 6. The SMILES string of the molecule is CB(O)N(OC(C)(C)C)C1CCCC1Cc1ccc(CO)cc1. The Balaban J connectivity index is 2.07. The molecule has 0 saturated heterocycles. The van der Waals surface area contributed by atoms with Gasteiger partial charge in [0.05, 0.1) is 12.2 Å². The summed E-state index contributed by atoms with van der Waals surface area (Å²) in [4.78, 5) is 7.84. The first-order chi connectivity index (χ1) is 10.8. The molecular weight excluding hydrogens is 289 g/mol. The third-order valence-corrected chi connectivity index (χ3v) is 4.40. The molecule has 0 aromatic heterocycles. The van der Waals surface area contributed by atoms with Crippen molar-refractivity contribution in [1.29, 1.82) is 0 Å². The highest BCUT2D eigenvalue weighted by Crippen LogP contribution is 2.34. The molecule has 1 aromatic rings. The maximum Gasteiger partial charge on any atom is 0.401 e. The van der Waals surface area contributed by atoms with E-state index in [1.807, 2.05) is 32.9 Å². The normalized spacial score (nSPS) is 21.9. The van der Waals surface area contributed by atoms with Crippen molar-refractivity contribution in [2.75, 3.05) is 0 Å². The van der Waals surface area contributed by atoms with Crippen LogP contribution in [0.25, 0.3) is 0 Å². The van der Waals surface area contributed by atoms with E-state index in [1.54, 1.807) is 11.8 Å². The average Bonchev–Trinajstić information content (AvgIpc) is 2.92. The van der Waals surface area contributed by atoms with Crippen LogP contribution < -0.4 is 0 Å². The summed E-state index contributed by atoms with van der Waals surface area (Å²) in [5.41, 5.74) is 1.91. The van der Waals surface area contributed by atoms with E-state index < -0.39 is 7.05 Å². The molecule has 1 saturated carbocycles. The van der Waals surface area contributed by atoms with Gasteiger partial charge in [-0.25, -0.2) is 0 Å². The number of hydrogen-bond donors (Lipinski definition) is 2. The third-order valence-electron chi connectivity index (χ3n) is 4.40. The average molecular weight is 319 g/mol. The van der Waals surface area contributed by atoms with Crippen LogP contribution in [0, 0.1) is 5.92 Å². The van der Waals surface area contributed by atoms with E-state index in [-0.39, 0.29) is 18.2 Å². The lowest BCUT2D eigenvalue weighted by Gasteiger charge is -2.37. The van der Waals surface area contributed by atoms with Gasteiger partial charge < -0.3 is 15.0 Å². The van der Waals surface area contributed by atoms with Gasteiger partial charge in [0.1, 0.15) is 0 Å². The molecule has 5 heteroatoms. The number of aliphatic hydroxyl groups is 1. The zero-order chi connectivity index (χ0) is 17.0. The summed E-state index contributed by atoms with van der Waals surface area (Å²) in [6, 6.07) is 8.40. The van der Waals surface area contributed by atoms with Gasteiger partial charge in [-0.3, -0.25) is 0 Å². The van der Waals surface area contributed by atoms with Gasteiger partial charge in [-0.05, 0) is 63.9 Å². The van der Waals surface area contributed by atoms with Crippen LogP contribution in [0.15, 0.2) is 24.3 Å². The van der Waals surface area contributed by atoms with Crippen molar-refractivity contribution < 1.29 is 15.0 Å². The molecular formula is C18H30BNO3. The summed E-state index contributed by atoms with van der Waals surface area (Å²) in [5, 5.41) is 19.3. The smallest absolute Gasteiger partial charge is 0.401 e. The van der Waals surface area contributed by atoms with Gasteiger partial charge >= 0.3 is 7.05 Å². The minimum absolute atomic E-state index is 0.0849. The van der Waals surface area contributed by atoms with E-state index in [0.717, 1.165) is 24.8 Å². The van der Waals surface area contributed by atoms with Gasteiger partial charge in [0.25, 0.3) is 0 Å². The van der Waals surface area contributed by atoms with Crippen LogP contribution in [0.1, 0.15) is 51.2 Å². The molecule has 0 bridgehead atoms. The highest BCUT2D eigenvalue weighted by Gasteiger charge is 2.38. The Morgan fingerprint density at radius 1 is 1.17 bits per heavy atom. The molecule has 1 aliphatic carbocycles. The fourth-order valence-electron chi connectivity index (χ4n) is 3.41. The Morgan fingerprint density at radius 2 is 1.78 bits per heavy atom. The number of benzene rings is 1. The van der Waals surface area contributed by atoms with E-state index in [0.29, 0.717) is 5.92 Å². The third kappa shape index (κ3) is 5.32. The maximum absolute atomic E-state index is 10.2. The Hall–Kier alpha value is -0.875. The molecule has 2 unspecified atom stereocenters. The first-order valence-electron chi connectivity index (χ1n) is 8.64. The number of hydrogen-bond acceptors (Lipinski definition) is 4. The van der Waals surface area contributed by atoms with Crippen molar-refractivity contribution in [2.45, 2.75) is 71.5 Å². The predicted molar refractivity (Wildman–Crippen MR) is 93.7 cm³/mol. The zero-order valence-corrected chi connectivity index (χ0v) is 14.8. The molecule has 128 valence electrons. The second kappa shape index (κ2) is 7.80. The topological polar surface area (TPSA) is 52.9 Å². The van der Waals surface area contributed by atoms with E-state index in [1.165, 1.54) is 12.0 Å². The van der Waals surface area contributed by atoms with Crippen LogP contribution in [0.2, 0.25) is 6.82 Å². The van der Waals surface area contributed by atoms with Gasteiger partial charge in [0.15, 0.2) is 0 Å². The molecule has 0 heterocycles. The molecule has 0 amide bonds. The lowest BCUT2D eigenvalue weighted by molar-refractivity contribution is -0.208. The van der Waals surface area contributed by atoms with Crippen LogP contribution in [-0.2, 0) is 17.9 Å². The van der Waals surface area contributed by atoms with Crippen LogP contribution in [0.5, 0.6) is 0 Å². The molecule has 23 heavy (non-hydrogen) atoms.